The van der Waals surface area contributed by atoms with E-state index in [1.165, 1.54) is 6.07 Å². The van der Waals surface area contributed by atoms with Crippen LogP contribution in [0.4, 0.5) is 13.2 Å². The van der Waals surface area contributed by atoms with Crippen LogP contribution in [0.5, 0.6) is 0 Å². The van der Waals surface area contributed by atoms with Gasteiger partial charge in [0.1, 0.15) is 17.9 Å². The molecule has 3 rings (SSSR count). The lowest BCUT2D eigenvalue weighted by atomic mass is 10.0. The molecule has 1 aromatic rings. The molecule has 0 saturated carbocycles. The van der Waals surface area contributed by atoms with Crippen molar-refractivity contribution in [1.82, 2.24) is 9.88 Å². The summed E-state index contributed by atoms with van der Waals surface area (Å²) in [4.78, 5) is 17.7. The topological polar surface area (TPSA) is 51.7 Å². The lowest BCUT2D eigenvalue weighted by molar-refractivity contribution is -0.141. The third-order valence-electron chi connectivity index (χ3n) is 4.46. The molecule has 8 heteroatoms. The predicted octanol–water partition coefficient (Wildman–Crippen LogP) is 2.68. The van der Waals surface area contributed by atoms with E-state index in [0.717, 1.165) is 25.1 Å². The van der Waals surface area contributed by atoms with Crippen LogP contribution in [-0.4, -0.2) is 53.8 Å². The van der Waals surface area contributed by atoms with Crippen molar-refractivity contribution in [3.8, 4) is 0 Å². The van der Waals surface area contributed by atoms with Crippen molar-refractivity contribution >= 4 is 5.91 Å². The van der Waals surface area contributed by atoms with Crippen LogP contribution in [0.25, 0.3) is 0 Å². The van der Waals surface area contributed by atoms with Crippen molar-refractivity contribution in [2.75, 3.05) is 19.8 Å². The molecule has 3 heterocycles. The lowest BCUT2D eigenvalue weighted by Gasteiger charge is -2.32. The van der Waals surface area contributed by atoms with E-state index in [4.69, 9.17) is 9.47 Å². The van der Waals surface area contributed by atoms with E-state index in [0.29, 0.717) is 13.2 Å². The van der Waals surface area contributed by atoms with Gasteiger partial charge in [0.05, 0.1) is 19.2 Å². The average Bonchev–Trinajstić information content (AvgIpc) is 2.97. The maximum Gasteiger partial charge on any atom is 0.433 e. The van der Waals surface area contributed by atoms with E-state index in [2.05, 4.69) is 11.6 Å². The Hall–Kier alpha value is -1.93. The van der Waals surface area contributed by atoms with Gasteiger partial charge in [0.25, 0.3) is 5.91 Å². The molecule has 5 nitrogen and oxygen atoms in total. The third-order valence-corrected chi connectivity index (χ3v) is 4.46. The summed E-state index contributed by atoms with van der Waals surface area (Å²) >= 11 is 0. The zero-order valence-corrected chi connectivity index (χ0v) is 13.5. The standard InChI is InChI=1S/C17H19F3N2O3/c1-2-7-24-13-10-22(12-4-3-8-25-15(12)13)16(23)11-5-6-21-14(9-11)17(18,19)20/h2,5-6,9,12-13,15H,1,3-4,7-8,10H2/t12-,13+,15+/m1/s1. The highest BCUT2D eigenvalue weighted by atomic mass is 19.4. The number of rotatable bonds is 4. The van der Waals surface area contributed by atoms with Gasteiger partial charge in [-0.3, -0.25) is 9.78 Å². The number of fused-ring (bicyclic) bond motifs is 1. The van der Waals surface area contributed by atoms with Gasteiger partial charge >= 0.3 is 6.18 Å². The van der Waals surface area contributed by atoms with Crippen LogP contribution in [-0.2, 0) is 15.7 Å². The molecule has 0 unspecified atom stereocenters. The summed E-state index contributed by atoms with van der Waals surface area (Å²) in [6.45, 7) is 4.80. The second kappa shape index (κ2) is 7.13. The highest BCUT2D eigenvalue weighted by molar-refractivity contribution is 5.94. The van der Waals surface area contributed by atoms with E-state index in [-0.39, 0.29) is 30.4 Å². The highest BCUT2D eigenvalue weighted by Gasteiger charge is 2.47. The number of alkyl halides is 3. The predicted molar refractivity (Wildman–Crippen MR) is 83.0 cm³/mol. The van der Waals surface area contributed by atoms with Crippen molar-refractivity contribution in [2.45, 2.75) is 37.3 Å². The van der Waals surface area contributed by atoms with Gasteiger partial charge in [-0.2, -0.15) is 13.2 Å². The first-order valence-electron chi connectivity index (χ1n) is 8.10. The number of likely N-dealkylation sites (tertiary alicyclic amines) is 1. The Morgan fingerprint density at radius 1 is 1.52 bits per heavy atom. The maximum absolute atomic E-state index is 12.8. The molecule has 2 fully saturated rings. The van der Waals surface area contributed by atoms with Gasteiger partial charge in [-0.05, 0) is 25.0 Å². The highest BCUT2D eigenvalue weighted by Crippen LogP contribution is 2.33. The number of carbonyl (C=O) groups is 1. The molecular weight excluding hydrogens is 337 g/mol. The zero-order valence-electron chi connectivity index (χ0n) is 13.5. The van der Waals surface area contributed by atoms with E-state index in [1.54, 1.807) is 11.0 Å². The SMILES string of the molecule is C=CCO[C@H]1CN(C(=O)c2ccnc(C(F)(F)F)c2)[C@@H]2CCCO[C@H]12. The van der Waals surface area contributed by atoms with Crippen molar-refractivity contribution in [2.24, 2.45) is 0 Å². The molecule has 2 aliphatic heterocycles. The van der Waals surface area contributed by atoms with Gasteiger partial charge in [0.15, 0.2) is 0 Å². The number of amides is 1. The fraction of sp³-hybridized carbons (Fsp3) is 0.529. The average molecular weight is 356 g/mol. The summed E-state index contributed by atoms with van der Waals surface area (Å²) in [5, 5.41) is 0. The largest absolute Gasteiger partial charge is 0.433 e. The summed E-state index contributed by atoms with van der Waals surface area (Å²) in [5.74, 6) is -0.460. The molecule has 0 radical (unpaired) electrons. The minimum Gasteiger partial charge on any atom is -0.373 e. The van der Waals surface area contributed by atoms with Crippen LogP contribution >= 0.6 is 0 Å². The fourth-order valence-corrected chi connectivity index (χ4v) is 3.37. The summed E-state index contributed by atoms with van der Waals surface area (Å²) in [5.41, 5.74) is -1.11. The Bertz CT molecular complexity index is 650. The lowest BCUT2D eigenvalue weighted by Crippen LogP contribution is -2.44. The minimum absolute atomic E-state index is 0.0315. The quantitative estimate of drug-likeness (QED) is 0.779. The van der Waals surface area contributed by atoms with Crippen LogP contribution in [0.15, 0.2) is 31.0 Å². The third kappa shape index (κ3) is 3.69. The molecule has 2 aliphatic rings. The number of carbonyl (C=O) groups excluding carboxylic acids is 1. The summed E-state index contributed by atoms with van der Waals surface area (Å²) in [6, 6.07) is 1.89. The second-order valence-corrected chi connectivity index (χ2v) is 6.09. The number of hydrogen-bond acceptors (Lipinski definition) is 4. The number of aromatic nitrogens is 1. The van der Waals surface area contributed by atoms with Crippen LogP contribution in [0.1, 0.15) is 28.9 Å². The summed E-state index contributed by atoms with van der Waals surface area (Å²) in [6.07, 6.45) is -1.01. The zero-order chi connectivity index (χ0) is 18.0. The Morgan fingerprint density at radius 3 is 3.04 bits per heavy atom. The molecule has 0 N–H and O–H groups in total. The number of halogens is 3. The Kier molecular flexibility index (Phi) is 5.10. The molecular formula is C17H19F3N2O3. The molecule has 25 heavy (non-hydrogen) atoms. The molecule has 136 valence electrons. The second-order valence-electron chi connectivity index (χ2n) is 6.09. The van der Waals surface area contributed by atoms with Gasteiger partial charge in [-0.1, -0.05) is 6.08 Å². The number of ether oxygens (including phenoxy) is 2. The van der Waals surface area contributed by atoms with Crippen LogP contribution in [0.2, 0.25) is 0 Å². The first-order valence-corrected chi connectivity index (χ1v) is 8.10. The van der Waals surface area contributed by atoms with E-state index < -0.39 is 17.8 Å². The summed E-state index contributed by atoms with van der Waals surface area (Å²) in [7, 11) is 0. The maximum atomic E-state index is 12.8. The van der Waals surface area contributed by atoms with E-state index in [9.17, 15) is 18.0 Å². The molecule has 0 aliphatic carbocycles. The fourth-order valence-electron chi connectivity index (χ4n) is 3.37. The number of hydrogen-bond donors (Lipinski definition) is 0. The van der Waals surface area contributed by atoms with Gasteiger partial charge in [-0.15, -0.1) is 6.58 Å². The van der Waals surface area contributed by atoms with Gasteiger partial charge in [-0.25, -0.2) is 0 Å². The Labute approximate surface area is 143 Å². The van der Waals surface area contributed by atoms with Crippen molar-refractivity contribution in [3.63, 3.8) is 0 Å². The minimum atomic E-state index is -4.59. The van der Waals surface area contributed by atoms with Crippen LogP contribution < -0.4 is 0 Å². The van der Waals surface area contributed by atoms with E-state index >= 15 is 0 Å². The smallest absolute Gasteiger partial charge is 0.373 e. The molecule has 0 aromatic carbocycles. The van der Waals surface area contributed by atoms with Crippen molar-refractivity contribution in [3.05, 3.63) is 42.2 Å². The van der Waals surface area contributed by atoms with Crippen molar-refractivity contribution in [1.29, 1.82) is 0 Å². The molecule has 1 aromatic heterocycles. The van der Waals surface area contributed by atoms with Crippen LogP contribution in [0.3, 0.4) is 0 Å². The monoisotopic (exact) mass is 356 g/mol. The summed E-state index contributed by atoms with van der Waals surface area (Å²) < 4.78 is 50.0. The number of nitrogens with zero attached hydrogens (tertiary/aromatic N) is 2. The molecule has 1 amide bonds. The molecule has 0 spiro atoms. The van der Waals surface area contributed by atoms with Gasteiger partial charge < -0.3 is 14.4 Å². The van der Waals surface area contributed by atoms with Crippen LogP contribution in [0, 0.1) is 0 Å². The molecule has 0 bridgehead atoms. The first kappa shape index (κ1) is 17.9. The van der Waals surface area contributed by atoms with Gasteiger partial charge in [0, 0.05) is 18.4 Å². The van der Waals surface area contributed by atoms with E-state index in [1.807, 2.05) is 0 Å². The first-order chi connectivity index (χ1) is 11.9. The molecule has 2 saturated heterocycles. The Balaban J connectivity index is 1.82. The normalized spacial score (nSPS) is 26.4. The molecule has 3 atom stereocenters. The number of pyridine rings is 1. The van der Waals surface area contributed by atoms with Crippen molar-refractivity contribution < 1.29 is 27.4 Å². The van der Waals surface area contributed by atoms with Gasteiger partial charge in [0.2, 0.25) is 0 Å². The Morgan fingerprint density at radius 2 is 2.32 bits per heavy atom.